The number of aryl methyl sites for hydroxylation is 1. The highest BCUT2D eigenvalue weighted by Crippen LogP contribution is 2.43. The van der Waals surface area contributed by atoms with Crippen molar-refractivity contribution < 1.29 is 28.6 Å². The molecule has 3 aromatic heterocycles. The molecule has 0 aliphatic carbocycles. The van der Waals surface area contributed by atoms with E-state index in [0.29, 0.717) is 45.5 Å². The molecular weight excluding hydrogens is 973 g/mol. The quantitative estimate of drug-likeness (QED) is 0.200. The van der Waals surface area contributed by atoms with Crippen LogP contribution in [0.25, 0.3) is 33.4 Å². The van der Waals surface area contributed by atoms with Crippen molar-refractivity contribution in [3.63, 3.8) is 0 Å². The number of carbonyl (C=O) groups excluding carboxylic acids is 3. The summed E-state index contributed by atoms with van der Waals surface area (Å²) < 4.78 is 19.9. The normalized spacial score (nSPS) is 21.7. The van der Waals surface area contributed by atoms with Crippen LogP contribution in [-0.2, 0) is 43.2 Å². The topological polar surface area (TPSA) is 150 Å². The van der Waals surface area contributed by atoms with Crippen molar-refractivity contribution in [3.8, 4) is 22.5 Å². The summed E-state index contributed by atoms with van der Waals surface area (Å²) in [6, 6.07) is 6.93. The molecule has 4 aromatic rings. The van der Waals surface area contributed by atoms with Crippen molar-refractivity contribution in [1.82, 2.24) is 45.0 Å². The monoisotopic (exact) mass is 1050 g/mol. The lowest BCUT2D eigenvalue weighted by atomic mass is 9.84. The molecule has 6 bridgehead atoms. The average Bonchev–Trinajstić information content (AvgIpc) is 3.90. The van der Waals surface area contributed by atoms with Gasteiger partial charge in [-0.05, 0) is 70.8 Å². The van der Waals surface area contributed by atoms with Crippen LogP contribution in [-0.4, -0.2) is 164 Å². The molecule has 0 radical (unpaired) electrons. The molecule has 69 heavy (non-hydrogen) atoms. The number of benzene rings is 1. The van der Waals surface area contributed by atoms with E-state index in [0.717, 1.165) is 101 Å². The summed E-state index contributed by atoms with van der Waals surface area (Å²) in [5.41, 5.74) is 10.7. The van der Waals surface area contributed by atoms with Crippen molar-refractivity contribution in [2.24, 2.45) is 5.41 Å². The van der Waals surface area contributed by atoms with E-state index in [1.807, 2.05) is 32.5 Å². The summed E-state index contributed by atoms with van der Waals surface area (Å²) >= 11 is 1.48. The third-order valence-corrected chi connectivity index (χ3v) is 14.5. The predicted molar refractivity (Wildman–Crippen MR) is 295 cm³/mol. The summed E-state index contributed by atoms with van der Waals surface area (Å²) in [5.74, 6) is -0.706. The van der Waals surface area contributed by atoms with Gasteiger partial charge in [-0.25, -0.2) is 15.2 Å². The Labute approximate surface area is 440 Å². The maximum atomic E-state index is 14.4. The summed E-state index contributed by atoms with van der Waals surface area (Å²) in [7, 11) is 5.53. The SMILES string of the molecule is CCn1c(-c2cc(N3CCN(CCOC)CC3)cnc2[C@H](C)OC)c2c3cc(ccc31)-c1csc(n1)C[C@H](NC(=O)N1CCN(C)C[C@@H]1C)C(=O)N1CCC[C@H](N1)C(=O)OCC(C)(C)C2.S.S.S.S. The highest BCUT2D eigenvalue weighted by Gasteiger charge is 2.37. The van der Waals surface area contributed by atoms with Gasteiger partial charge in [-0.2, -0.15) is 54.0 Å². The Hall–Kier alpha value is -3.25. The number of likely N-dealkylation sites (N-methyl/N-ethyl adjacent to an activating group) is 1. The van der Waals surface area contributed by atoms with Gasteiger partial charge in [-0.1, -0.05) is 19.9 Å². The number of pyridine rings is 1. The number of methoxy groups -OCH3 is 2. The van der Waals surface area contributed by atoms with Gasteiger partial charge in [0.2, 0.25) is 0 Å². The number of fused-ring (bicyclic) bond motifs is 6. The molecular formula is C48H76N10O6S5. The van der Waals surface area contributed by atoms with Crippen molar-refractivity contribution in [1.29, 1.82) is 0 Å². The van der Waals surface area contributed by atoms with Crippen molar-refractivity contribution in [2.75, 3.05) is 98.3 Å². The first-order valence-electron chi connectivity index (χ1n) is 23.4. The van der Waals surface area contributed by atoms with Gasteiger partial charge in [0.1, 0.15) is 12.1 Å². The molecule has 2 N–H and O–H groups in total. The minimum absolute atomic E-state index is 0. The van der Waals surface area contributed by atoms with Gasteiger partial charge in [-0.3, -0.25) is 24.5 Å². The van der Waals surface area contributed by atoms with Crippen molar-refractivity contribution >= 4 is 99.8 Å². The van der Waals surface area contributed by atoms with Crippen molar-refractivity contribution in [2.45, 2.75) is 91.1 Å². The van der Waals surface area contributed by atoms with Gasteiger partial charge >= 0.3 is 12.0 Å². The number of ether oxygens (including phenoxy) is 3. The van der Waals surface area contributed by atoms with Gasteiger partial charge in [0.05, 0.1) is 53.3 Å². The van der Waals surface area contributed by atoms with E-state index in [-0.39, 0.29) is 91.1 Å². The van der Waals surface area contributed by atoms with Gasteiger partial charge in [0, 0.05) is 125 Å². The minimum atomic E-state index is -0.906. The lowest BCUT2D eigenvalue weighted by molar-refractivity contribution is -0.155. The Morgan fingerprint density at radius 1 is 1.04 bits per heavy atom. The largest absolute Gasteiger partial charge is 0.464 e. The number of piperazine rings is 2. The molecule has 21 heteroatoms. The van der Waals surface area contributed by atoms with Crippen LogP contribution in [0.1, 0.15) is 69.8 Å². The van der Waals surface area contributed by atoms with Crippen LogP contribution >= 0.6 is 65.3 Å². The lowest BCUT2D eigenvalue weighted by Gasteiger charge is -2.39. The fourth-order valence-electron chi connectivity index (χ4n) is 9.90. The van der Waals surface area contributed by atoms with E-state index < -0.39 is 23.5 Å². The second-order valence-electron chi connectivity index (χ2n) is 19.0. The first kappa shape index (κ1) is 58.3. The number of nitrogens with zero attached hydrogens (tertiary/aromatic N) is 8. The van der Waals surface area contributed by atoms with E-state index in [1.54, 1.807) is 19.1 Å². The number of cyclic esters (lactones) is 1. The number of amides is 3. The van der Waals surface area contributed by atoms with Crippen LogP contribution in [0.5, 0.6) is 0 Å². The van der Waals surface area contributed by atoms with Gasteiger partial charge in [-0.15, -0.1) is 11.3 Å². The van der Waals surface area contributed by atoms with Gasteiger partial charge in [0.15, 0.2) is 0 Å². The van der Waals surface area contributed by atoms with Gasteiger partial charge in [0.25, 0.3) is 5.91 Å². The molecule has 1 aromatic carbocycles. The Morgan fingerprint density at radius 3 is 2.49 bits per heavy atom. The zero-order valence-corrected chi connectivity index (χ0v) is 46.3. The third-order valence-electron chi connectivity index (χ3n) is 13.6. The second kappa shape index (κ2) is 25.4. The molecule has 4 aliphatic rings. The molecule has 384 valence electrons. The number of hydrogen-bond acceptors (Lipinski definition) is 13. The van der Waals surface area contributed by atoms with Crippen LogP contribution in [0.2, 0.25) is 0 Å². The number of hydrogen-bond donors (Lipinski definition) is 2. The minimum Gasteiger partial charge on any atom is -0.464 e. The summed E-state index contributed by atoms with van der Waals surface area (Å²) in [6.07, 6.45) is 3.66. The third kappa shape index (κ3) is 13.1. The Kier molecular flexibility index (Phi) is 21.5. The van der Waals surface area contributed by atoms with Crippen LogP contribution in [0.15, 0.2) is 35.8 Å². The number of anilines is 1. The first-order valence-corrected chi connectivity index (χ1v) is 24.2. The molecule has 3 fully saturated rings. The van der Waals surface area contributed by atoms with E-state index in [1.165, 1.54) is 16.3 Å². The number of carbonyl (C=O) groups is 3. The van der Waals surface area contributed by atoms with Crippen LogP contribution in [0.3, 0.4) is 0 Å². The van der Waals surface area contributed by atoms with E-state index in [9.17, 15) is 14.4 Å². The van der Waals surface area contributed by atoms with Crippen molar-refractivity contribution in [3.05, 3.63) is 52.1 Å². The average molecular weight is 1050 g/mol. The Balaban J connectivity index is 0.00000259. The lowest BCUT2D eigenvalue weighted by Crippen LogP contribution is -2.62. The summed E-state index contributed by atoms with van der Waals surface area (Å²) in [4.78, 5) is 61.4. The molecule has 4 atom stereocenters. The fourth-order valence-corrected chi connectivity index (χ4v) is 10.7. The highest BCUT2D eigenvalue weighted by molar-refractivity contribution is 7.59. The molecule has 7 heterocycles. The summed E-state index contributed by atoms with van der Waals surface area (Å²) in [5, 5.41) is 8.45. The number of hydrazine groups is 1. The highest BCUT2D eigenvalue weighted by atomic mass is 32.1. The zero-order chi connectivity index (χ0) is 46.0. The van der Waals surface area contributed by atoms with Crippen LogP contribution in [0, 0.1) is 5.41 Å². The molecule has 4 aliphatic heterocycles. The number of thiazole rings is 1. The number of esters is 1. The molecule has 3 amide bonds. The molecule has 0 spiro atoms. The van der Waals surface area contributed by atoms with E-state index in [4.69, 9.17) is 24.2 Å². The molecule has 16 nitrogen and oxygen atoms in total. The Bertz CT molecular complexity index is 2360. The van der Waals surface area contributed by atoms with E-state index >= 15 is 0 Å². The standard InChI is InChI=1S/C48H68N10O6S.4H2S/c1-9-56-41-13-12-33-23-35(41)37(44(56)36-24-34(27-49-43(36)32(3)63-8)55-18-16-54(17-19-55)21-22-62-7)26-48(4,5)30-64-46(60)38-11-10-14-58(52-38)45(59)39(25-42-50-40(33)29-65-42)51-47(61)57-20-15-53(6)28-31(57)2;;;;/h12-13,23-24,27,29,31-32,38-39,52H,9-11,14-22,25-26,28,30H2,1-8H3,(H,51,61);4*1H2/t31-,32-,38-,39-;;;;/m0..../s1. The number of rotatable bonds is 9. The van der Waals surface area contributed by atoms with Gasteiger partial charge < -0.3 is 38.8 Å². The fraction of sp³-hybridized carbons (Fsp3) is 0.604. The maximum Gasteiger partial charge on any atom is 0.324 e. The predicted octanol–water partition coefficient (Wildman–Crippen LogP) is 5.65. The summed E-state index contributed by atoms with van der Waals surface area (Å²) in [6.45, 7) is 19.2. The molecule has 8 rings (SSSR count). The maximum absolute atomic E-state index is 14.4. The number of nitrogens with one attached hydrogen (secondary N) is 2. The zero-order valence-electron chi connectivity index (χ0n) is 41.5. The first-order chi connectivity index (χ1) is 31.3. The Morgan fingerprint density at radius 2 is 1.80 bits per heavy atom. The number of urea groups is 1. The van der Waals surface area contributed by atoms with Crippen LogP contribution < -0.4 is 15.6 Å². The molecule has 3 saturated heterocycles. The van der Waals surface area contributed by atoms with E-state index in [2.05, 4.69) is 75.0 Å². The van der Waals surface area contributed by atoms with Crippen LogP contribution in [0.4, 0.5) is 10.5 Å². The second-order valence-corrected chi connectivity index (χ2v) is 20.0. The molecule has 0 unspecified atom stereocenters. The smallest absolute Gasteiger partial charge is 0.324 e. The molecule has 0 saturated carbocycles. The number of aromatic nitrogens is 3.